The van der Waals surface area contributed by atoms with Crippen LogP contribution >= 0.6 is 15.9 Å². The second kappa shape index (κ2) is 8.19. The standard InChI is InChI=1S/C16H12BrN7O3/c17-11-3-1-2-4-12(11)21-14-13(24(26)27)15(20-9-19-14)22-23-16(25)10-5-7-18-8-6-10/h1-9H,(H,23,25)(H2,19,20,21,22). The van der Waals surface area contributed by atoms with Gasteiger partial charge in [0.05, 0.1) is 10.6 Å². The lowest BCUT2D eigenvalue weighted by molar-refractivity contribution is -0.383. The van der Waals surface area contributed by atoms with Crippen molar-refractivity contribution in [2.24, 2.45) is 0 Å². The molecule has 0 aliphatic heterocycles. The number of amides is 1. The van der Waals surface area contributed by atoms with Gasteiger partial charge in [0.15, 0.2) is 0 Å². The Kier molecular flexibility index (Phi) is 5.52. The van der Waals surface area contributed by atoms with E-state index in [1.807, 2.05) is 6.07 Å². The minimum atomic E-state index is -0.639. The molecule has 2 heterocycles. The van der Waals surface area contributed by atoms with Gasteiger partial charge in [0.25, 0.3) is 5.91 Å². The van der Waals surface area contributed by atoms with E-state index in [-0.39, 0.29) is 11.6 Å². The number of anilines is 3. The van der Waals surface area contributed by atoms with Gasteiger partial charge in [-0.15, -0.1) is 0 Å². The van der Waals surface area contributed by atoms with Crippen molar-refractivity contribution >= 4 is 44.8 Å². The lowest BCUT2D eigenvalue weighted by Gasteiger charge is -2.11. The predicted octanol–water partition coefficient (Wildman–Crippen LogP) is 3.04. The third-order valence-corrected chi connectivity index (χ3v) is 4.06. The van der Waals surface area contributed by atoms with E-state index in [1.54, 1.807) is 18.2 Å². The van der Waals surface area contributed by atoms with Crippen molar-refractivity contribution in [3.63, 3.8) is 0 Å². The van der Waals surface area contributed by atoms with Gasteiger partial charge in [0.2, 0.25) is 11.6 Å². The zero-order chi connectivity index (χ0) is 19.2. The number of pyridine rings is 1. The highest BCUT2D eigenvalue weighted by Gasteiger charge is 2.24. The lowest BCUT2D eigenvalue weighted by Crippen LogP contribution is -2.30. The van der Waals surface area contributed by atoms with Gasteiger partial charge in [0, 0.05) is 22.4 Å². The van der Waals surface area contributed by atoms with E-state index < -0.39 is 16.5 Å². The summed E-state index contributed by atoms with van der Waals surface area (Å²) in [5.41, 5.74) is 5.34. The third kappa shape index (κ3) is 4.33. The summed E-state index contributed by atoms with van der Waals surface area (Å²) in [5.74, 6) is -0.680. The van der Waals surface area contributed by atoms with Gasteiger partial charge >= 0.3 is 5.69 Å². The van der Waals surface area contributed by atoms with Crippen molar-refractivity contribution in [1.29, 1.82) is 0 Å². The number of nitrogens with zero attached hydrogens (tertiary/aromatic N) is 4. The van der Waals surface area contributed by atoms with E-state index in [0.717, 1.165) is 6.33 Å². The Morgan fingerprint density at radius 2 is 1.78 bits per heavy atom. The number of hydrogen-bond donors (Lipinski definition) is 3. The number of nitro groups is 1. The molecule has 0 radical (unpaired) electrons. The summed E-state index contributed by atoms with van der Waals surface area (Å²) in [6.07, 6.45) is 4.07. The number of benzene rings is 1. The average molecular weight is 430 g/mol. The normalized spacial score (nSPS) is 10.1. The van der Waals surface area contributed by atoms with E-state index in [4.69, 9.17) is 0 Å². The Bertz CT molecular complexity index is 985. The van der Waals surface area contributed by atoms with Crippen molar-refractivity contribution in [2.75, 3.05) is 10.7 Å². The summed E-state index contributed by atoms with van der Waals surface area (Å²) in [5, 5.41) is 14.4. The van der Waals surface area contributed by atoms with Crippen LogP contribution in [0.4, 0.5) is 23.0 Å². The largest absolute Gasteiger partial charge is 0.355 e. The molecule has 0 fully saturated rings. The minimum absolute atomic E-state index is 0.0254. The van der Waals surface area contributed by atoms with Crippen LogP contribution < -0.4 is 16.2 Å². The summed E-state index contributed by atoms with van der Waals surface area (Å²) in [7, 11) is 0. The molecule has 3 N–H and O–H groups in total. The van der Waals surface area contributed by atoms with Crippen LogP contribution in [0.1, 0.15) is 10.4 Å². The summed E-state index contributed by atoms with van der Waals surface area (Å²) >= 11 is 3.36. The molecular formula is C16H12BrN7O3. The number of hydrazine groups is 1. The number of nitrogens with one attached hydrogen (secondary N) is 3. The lowest BCUT2D eigenvalue weighted by atomic mass is 10.3. The number of carbonyl (C=O) groups is 1. The predicted molar refractivity (Wildman–Crippen MR) is 101 cm³/mol. The molecule has 27 heavy (non-hydrogen) atoms. The van der Waals surface area contributed by atoms with Crippen molar-refractivity contribution in [1.82, 2.24) is 20.4 Å². The van der Waals surface area contributed by atoms with Crippen LogP contribution in [-0.2, 0) is 0 Å². The van der Waals surface area contributed by atoms with Crippen molar-refractivity contribution in [3.05, 3.63) is 75.3 Å². The van der Waals surface area contributed by atoms with Crippen molar-refractivity contribution in [2.45, 2.75) is 0 Å². The van der Waals surface area contributed by atoms with Crippen LogP contribution in [0.25, 0.3) is 0 Å². The molecular weight excluding hydrogens is 418 g/mol. The maximum atomic E-state index is 12.1. The Balaban J connectivity index is 1.84. The first-order chi connectivity index (χ1) is 13.1. The van der Waals surface area contributed by atoms with Crippen LogP contribution in [0.5, 0.6) is 0 Å². The molecule has 3 aromatic rings. The number of rotatable bonds is 6. The third-order valence-electron chi connectivity index (χ3n) is 3.37. The van der Waals surface area contributed by atoms with Gasteiger partial charge in [0.1, 0.15) is 6.33 Å². The van der Waals surface area contributed by atoms with Crippen LogP contribution in [0, 0.1) is 10.1 Å². The monoisotopic (exact) mass is 429 g/mol. The Morgan fingerprint density at radius 3 is 2.48 bits per heavy atom. The number of carbonyl (C=O) groups excluding carboxylic acids is 1. The molecule has 136 valence electrons. The smallest absolute Gasteiger partial charge is 0.333 e. The van der Waals surface area contributed by atoms with Crippen LogP contribution in [0.2, 0.25) is 0 Å². The molecule has 0 aliphatic rings. The highest BCUT2D eigenvalue weighted by Crippen LogP contribution is 2.32. The first kappa shape index (κ1) is 18.2. The van der Waals surface area contributed by atoms with E-state index >= 15 is 0 Å². The molecule has 10 nitrogen and oxygen atoms in total. The maximum absolute atomic E-state index is 12.1. The number of para-hydroxylation sites is 1. The highest BCUT2D eigenvalue weighted by atomic mass is 79.9. The van der Waals surface area contributed by atoms with Crippen molar-refractivity contribution < 1.29 is 9.72 Å². The van der Waals surface area contributed by atoms with Gasteiger partial charge in [-0.3, -0.25) is 30.7 Å². The van der Waals surface area contributed by atoms with E-state index in [0.29, 0.717) is 15.7 Å². The second-order valence-electron chi connectivity index (χ2n) is 5.10. The van der Waals surface area contributed by atoms with Gasteiger partial charge in [-0.05, 0) is 40.2 Å². The van der Waals surface area contributed by atoms with Crippen LogP contribution in [-0.4, -0.2) is 25.8 Å². The van der Waals surface area contributed by atoms with Gasteiger partial charge in [-0.1, -0.05) is 12.1 Å². The molecule has 1 aromatic carbocycles. The zero-order valence-corrected chi connectivity index (χ0v) is 15.2. The fraction of sp³-hybridized carbons (Fsp3) is 0. The molecule has 0 spiro atoms. The number of hydrogen-bond acceptors (Lipinski definition) is 8. The molecule has 0 saturated heterocycles. The number of halogens is 1. The topological polar surface area (TPSA) is 135 Å². The molecule has 3 rings (SSSR count). The molecule has 1 amide bonds. The molecule has 0 atom stereocenters. The Labute approximate surface area is 161 Å². The molecule has 0 aliphatic carbocycles. The first-order valence-electron chi connectivity index (χ1n) is 7.53. The van der Waals surface area contributed by atoms with E-state index in [9.17, 15) is 14.9 Å². The molecule has 0 saturated carbocycles. The van der Waals surface area contributed by atoms with E-state index in [2.05, 4.69) is 47.1 Å². The quantitative estimate of drug-likeness (QED) is 0.401. The van der Waals surface area contributed by atoms with Gasteiger partial charge in [-0.25, -0.2) is 9.97 Å². The van der Waals surface area contributed by atoms with Crippen molar-refractivity contribution in [3.8, 4) is 0 Å². The molecule has 11 heteroatoms. The zero-order valence-electron chi connectivity index (χ0n) is 13.6. The Morgan fingerprint density at radius 1 is 1.07 bits per heavy atom. The highest BCUT2D eigenvalue weighted by molar-refractivity contribution is 9.10. The first-order valence-corrected chi connectivity index (χ1v) is 8.33. The molecule has 2 aromatic heterocycles. The van der Waals surface area contributed by atoms with Gasteiger partial charge in [-0.2, -0.15) is 0 Å². The summed E-state index contributed by atoms with van der Waals surface area (Å²) < 4.78 is 0.707. The van der Waals surface area contributed by atoms with Crippen LogP contribution in [0.15, 0.2) is 59.6 Å². The maximum Gasteiger partial charge on any atom is 0.355 e. The summed E-state index contributed by atoms with van der Waals surface area (Å²) in [6.45, 7) is 0. The fourth-order valence-corrected chi connectivity index (χ4v) is 2.50. The summed E-state index contributed by atoms with van der Waals surface area (Å²) in [4.78, 5) is 34.6. The van der Waals surface area contributed by atoms with Crippen LogP contribution in [0.3, 0.4) is 0 Å². The van der Waals surface area contributed by atoms with E-state index in [1.165, 1.54) is 24.5 Å². The second-order valence-corrected chi connectivity index (χ2v) is 5.95. The number of aromatic nitrogens is 3. The van der Waals surface area contributed by atoms with Gasteiger partial charge < -0.3 is 5.32 Å². The SMILES string of the molecule is O=C(NNc1ncnc(Nc2ccccc2Br)c1[N+](=O)[O-])c1ccncc1. The molecule has 0 bridgehead atoms. The average Bonchev–Trinajstić information content (AvgIpc) is 2.68. The molecule has 0 unspecified atom stereocenters. The minimum Gasteiger partial charge on any atom is -0.333 e. The fourth-order valence-electron chi connectivity index (χ4n) is 2.12. The summed E-state index contributed by atoms with van der Waals surface area (Å²) in [6, 6.07) is 10.1. The Hall–Kier alpha value is -3.60.